The van der Waals surface area contributed by atoms with E-state index in [2.05, 4.69) is 21.9 Å². The smallest absolute Gasteiger partial charge is 0.408 e. The number of pyridine rings is 1. The molecule has 3 aromatic rings. The Morgan fingerprint density at radius 3 is 2.25 bits per heavy atom. The molecular weight excluding hydrogens is 787 g/mol. The van der Waals surface area contributed by atoms with Gasteiger partial charge in [0.15, 0.2) is 0 Å². The van der Waals surface area contributed by atoms with Crippen molar-refractivity contribution >= 4 is 44.7 Å². The van der Waals surface area contributed by atoms with Gasteiger partial charge in [-0.2, -0.15) is 0 Å². The lowest BCUT2D eigenvalue weighted by atomic mass is 9.85. The monoisotopic (exact) mass is 843 g/mol. The number of hydrogen-bond donors (Lipinski definition) is 3. The molecule has 0 spiro atoms. The molecule has 1 aromatic heterocycles. The van der Waals surface area contributed by atoms with E-state index in [-0.39, 0.29) is 19.4 Å². The summed E-state index contributed by atoms with van der Waals surface area (Å²) < 4.78 is 46.0. The van der Waals surface area contributed by atoms with Crippen molar-refractivity contribution in [1.29, 1.82) is 0 Å². The standard InChI is InChI=1S/C45H57N5O9S/c1-11-29-25-45(29,40(53)49-60(55,56)44(19-20-44)24-27(2)3)48-38(51)35-22-31(26-50(35)39(52)37(42(4,5)6)47-41(54)59-43(7,8)9)58-36-23-33(28-15-13-12-14-16-28)46-34-21-30(57-10)17-18-32(34)36/h11-18,21,23-24,29,31,35,37H,1,19-20,22,25-26H2,2-10H3,(H,47,54)(H,48,51)(H,49,53)/t29-,31-,35+,37-,45-/m1/s1. The van der Waals surface area contributed by atoms with Crippen LogP contribution in [-0.4, -0.2) is 89.8 Å². The molecule has 2 aliphatic carbocycles. The first-order chi connectivity index (χ1) is 28.0. The van der Waals surface area contributed by atoms with Gasteiger partial charge >= 0.3 is 6.09 Å². The molecule has 15 heteroatoms. The molecule has 6 rings (SSSR count). The number of nitrogens with one attached hydrogen (secondary N) is 3. The number of sulfonamides is 1. The average molecular weight is 844 g/mol. The lowest BCUT2D eigenvalue weighted by Crippen LogP contribution is -2.60. The third kappa shape index (κ3) is 9.30. The molecule has 60 heavy (non-hydrogen) atoms. The molecule has 14 nitrogen and oxygen atoms in total. The fourth-order valence-corrected chi connectivity index (χ4v) is 9.40. The summed E-state index contributed by atoms with van der Waals surface area (Å²) in [6.07, 6.45) is 2.45. The highest BCUT2D eigenvalue weighted by molar-refractivity contribution is 7.92. The van der Waals surface area contributed by atoms with E-state index in [9.17, 15) is 27.6 Å². The molecule has 3 aliphatic rings. The van der Waals surface area contributed by atoms with Crippen LogP contribution in [0.2, 0.25) is 0 Å². The molecule has 5 atom stereocenters. The maximum atomic E-state index is 14.8. The Hall–Kier alpha value is -5.44. The Labute approximate surface area is 352 Å². The van der Waals surface area contributed by atoms with Gasteiger partial charge in [0, 0.05) is 35.4 Å². The number of nitrogens with zero attached hydrogens (tertiary/aromatic N) is 2. The first kappa shape index (κ1) is 44.1. The summed E-state index contributed by atoms with van der Waals surface area (Å²) in [5, 5.41) is 6.26. The minimum atomic E-state index is -4.15. The van der Waals surface area contributed by atoms with Crippen molar-refractivity contribution in [3.63, 3.8) is 0 Å². The van der Waals surface area contributed by atoms with Crippen molar-refractivity contribution in [2.24, 2.45) is 11.3 Å². The Kier molecular flexibility index (Phi) is 11.9. The van der Waals surface area contributed by atoms with Gasteiger partial charge in [0.2, 0.25) is 21.8 Å². The molecule has 0 bridgehead atoms. The van der Waals surface area contributed by atoms with Crippen molar-refractivity contribution in [2.75, 3.05) is 13.7 Å². The predicted octanol–water partition coefficient (Wildman–Crippen LogP) is 6.20. The second kappa shape index (κ2) is 16.2. The van der Waals surface area contributed by atoms with E-state index in [1.807, 2.05) is 42.5 Å². The van der Waals surface area contributed by atoms with Crippen LogP contribution < -0.4 is 24.8 Å². The minimum absolute atomic E-state index is 0.0000484. The van der Waals surface area contributed by atoms with Crippen LogP contribution in [0.5, 0.6) is 11.5 Å². The molecule has 2 heterocycles. The van der Waals surface area contributed by atoms with Crippen LogP contribution in [0.25, 0.3) is 22.2 Å². The number of ether oxygens (including phenoxy) is 3. The van der Waals surface area contributed by atoms with E-state index in [0.717, 1.165) is 11.1 Å². The highest BCUT2D eigenvalue weighted by Gasteiger charge is 2.63. The van der Waals surface area contributed by atoms with Crippen molar-refractivity contribution in [1.82, 2.24) is 25.2 Å². The number of carbonyl (C=O) groups excluding carboxylic acids is 4. The van der Waals surface area contributed by atoms with Gasteiger partial charge in [-0.3, -0.25) is 19.1 Å². The number of alkyl carbamates (subject to hydrolysis) is 1. The zero-order valence-corrected chi connectivity index (χ0v) is 36.7. The van der Waals surface area contributed by atoms with Crippen LogP contribution >= 0.6 is 0 Å². The summed E-state index contributed by atoms with van der Waals surface area (Å²) in [5.41, 5.74) is -0.437. The summed E-state index contributed by atoms with van der Waals surface area (Å²) in [6, 6.07) is 14.5. The van der Waals surface area contributed by atoms with E-state index in [1.54, 1.807) is 80.7 Å². The number of benzene rings is 2. The zero-order valence-electron chi connectivity index (χ0n) is 35.9. The predicted molar refractivity (Wildman–Crippen MR) is 229 cm³/mol. The van der Waals surface area contributed by atoms with E-state index >= 15 is 0 Å². The molecule has 2 aromatic carbocycles. The van der Waals surface area contributed by atoms with Crippen LogP contribution in [0.4, 0.5) is 4.79 Å². The fraction of sp³-hybridized carbons (Fsp3) is 0.489. The molecule has 1 aliphatic heterocycles. The van der Waals surface area contributed by atoms with Gasteiger partial charge in [0.1, 0.15) is 45.6 Å². The third-order valence-corrected chi connectivity index (χ3v) is 13.1. The summed E-state index contributed by atoms with van der Waals surface area (Å²) in [7, 11) is -2.58. The first-order valence-corrected chi connectivity index (χ1v) is 21.7. The minimum Gasteiger partial charge on any atom is -0.497 e. The van der Waals surface area contributed by atoms with Crippen LogP contribution in [0.1, 0.15) is 81.1 Å². The molecule has 4 amide bonds. The van der Waals surface area contributed by atoms with Gasteiger partial charge in [0.05, 0.1) is 24.9 Å². The number of fused-ring (bicyclic) bond motifs is 1. The van der Waals surface area contributed by atoms with Crippen LogP contribution in [0.3, 0.4) is 0 Å². The highest BCUT2D eigenvalue weighted by atomic mass is 32.2. The summed E-state index contributed by atoms with van der Waals surface area (Å²) >= 11 is 0. The van der Waals surface area contributed by atoms with Crippen LogP contribution in [0, 0.1) is 11.3 Å². The zero-order chi connectivity index (χ0) is 44.0. The molecule has 0 radical (unpaired) electrons. The van der Waals surface area contributed by atoms with E-state index in [0.29, 0.717) is 40.9 Å². The largest absolute Gasteiger partial charge is 0.497 e. The molecular formula is C45H57N5O9S. The second-order valence-corrected chi connectivity index (χ2v) is 20.4. The number of hydrogen-bond acceptors (Lipinski definition) is 10. The van der Waals surface area contributed by atoms with Crippen molar-refractivity contribution < 1.29 is 41.8 Å². The average Bonchev–Trinajstić information content (AvgIpc) is 4.06. The number of allylic oxidation sites excluding steroid dienone is 1. The van der Waals surface area contributed by atoms with Gasteiger partial charge in [-0.05, 0) is 71.4 Å². The molecule has 322 valence electrons. The molecule has 3 fully saturated rings. The van der Waals surface area contributed by atoms with Crippen LogP contribution in [0.15, 0.2) is 78.9 Å². The SMILES string of the molecule is C=C[C@@H]1C[C@]1(NC(=O)[C@@H]1C[C@@H](Oc2cc(-c3ccccc3)nc3cc(OC)ccc23)CN1C(=O)[C@@H](NC(=O)OC(C)(C)C)C(C)(C)C)C(=O)NS(=O)(=O)C1(C=C(C)C)CC1. The number of rotatable bonds is 13. The number of likely N-dealkylation sites (tertiary alicyclic amines) is 1. The Morgan fingerprint density at radius 2 is 1.68 bits per heavy atom. The van der Waals surface area contributed by atoms with Gasteiger partial charge in [-0.15, -0.1) is 6.58 Å². The van der Waals surface area contributed by atoms with Gasteiger partial charge in [-0.1, -0.05) is 68.8 Å². The molecule has 2 saturated carbocycles. The first-order valence-electron chi connectivity index (χ1n) is 20.2. The number of carbonyl (C=O) groups is 4. The fourth-order valence-electron chi connectivity index (χ4n) is 7.74. The Morgan fingerprint density at radius 1 is 1.00 bits per heavy atom. The maximum absolute atomic E-state index is 14.8. The lowest BCUT2D eigenvalue weighted by molar-refractivity contribution is -0.143. The lowest BCUT2D eigenvalue weighted by Gasteiger charge is -2.36. The van der Waals surface area contributed by atoms with Crippen molar-refractivity contribution in [3.8, 4) is 22.8 Å². The number of methoxy groups -OCH3 is 1. The molecule has 1 saturated heterocycles. The Bertz CT molecular complexity index is 2330. The summed E-state index contributed by atoms with van der Waals surface area (Å²) in [6.45, 7) is 17.9. The van der Waals surface area contributed by atoms with Crippen molar-refractivity contribution in [2.45, 2.75) is 115 Å². The van der Waals surface area contributed by atoms with E-state index in [4.69, 9.17) is 19.2 Å². The topological polar surface area (TPSA) is 182 Å². The highest BCUT2D eigenvalue weighted by Crippen LogP contribution is 2.48. The van der Waals surface area contributed by atoms with E-state index in [1.165, 1.54) is 11.0 Å². The van der Waals surface area contributed by atoms with Gasteiger partial charge in [-0.25, -0.2) is 18.2 Å². The third-order valence-electron chi connectivity index (χ3n) is 11.1. The summed E-state index contributed by atoms with van der Waals surface area (Å²) in [4.78, 5) is 62.8. The Balaban J connectivity index is 1.35. The second-order valence-electron chi connectivity index (χ2n) is 18.4. The normalized spacial score (nSPS) is 22.5. The molecule has 3 N–H and O–H groups in total. The van der Waals surface area contributed by atoms with Gasteiger partial charge < -0.3 is 29.7 Å². The van der Waals surface area contributed by atoms with Crippen LogP contribution in [-0.2, 0) is 29.1 Å². The van der Waals surface area contributed by atoms with E-state index < -0.39 is 79.2 Å². The quantitative estimate of drug-likeness (QED) is 0.168. The summed E-state index contributed by atoms with van der Waals surface area (Å²) in [5.74, 6) is -1.64. The maximum Gasteiger partial charge on any atom is 0.408 e. The number of aromatic nitrogens is 1. The van der Waals surface area contributed by atoms with Gasteiger partial charge in [0.25, 0.3) is 5.91 Å². The van der Waals surface area contributed by atoms with Crippen molar-refractivity contribution in [3.05, 3.63) is 78.9 Å². The molecule has 0 unspecified atom stereocenters. The number of amides is 4.